The number of hydrogen-bond donors (Lipinski definition) is 6. The fourth-order valence-electron chi connectivity index (χ4n) is 4.13. The van der Waals surface area contributed by atoms with Crippen molar-refractivity contribution in [3.05, 3.63) is 40.7 Å². The molecule has 28 heavy (non-hydrogen) atoms. The van der Waals surface area contributed by atoms with Crippen molar-refractivity contribution < 1.29 is 34.8 Å². The molecule has 9 nitrogen and oxygen atoms in total. The topological polar surface area (TPSA) is 184 Å². The quantitative estimate of drug-likeness (QED) is 0.341. The number of aromatic hydroxyl groups is 1. The molecular formula is C18H16N2O7S. The van der Waals surface area contributed by atoms with Crippen molar-refractivity contribution in [2.24, 2.45) is 17.4 Å². The van der Waals surface area contributed by atoms with E-state index in [1.165, 1.54) is 6.07 Å². The van der Waals surface area contributed by atoms with Crippen molar-refractivity contribution in [2.45, 2.75) is 28.2 Å². The Labute approximate surface area is 162 Å². The van der Waals surface area contributed by atoms with Crippen molar-refractivity contribution in [1.82, 2.24) is 0 Å². The van der Waals surface area contributed by atoms with Gasteiger partial charge in [-0.1, -0.05) is 6.07 Å². The van der Waals surface area contributed by atoms with Gasteiger partial charge in [0.1, 0.15) is 22.8 Å². The number of amides is 1. The van der Waals surface area contributed by atoms with Crippen LogP contribution in [0.1, 0.15) is 12.0 Å². The summed E-state index contributed by atoms with van der Waals surface area (Å²) in [6, 6.07) is 3.11. The van der Waals surface area contributed by atoms with Gasteiger partial charge >= 0.3 is 0 Å². The number of rotatable bonds is 1. The van der Waals surface area contributed by atoms with Crippen LogP contribution in [0.4, 0.5) is 0 Å². The molecule has 1 aromatic rings. The summed E-state index contributed by atoms with van der Waals surface area (Å²) in [5, 5.41) is 41.6. The maximum absolute atomic E-state index is 13.2. The molecule has 3 aliphatic rings. The van der Waals surface area contributed by atoms with Gasteiger partial charge in [-0.2, -0.15) is 0 Å². The highest BCUT2D eigenvalue weighted by atomic mass is 32.2. The van der Waals surface area contributed by atoms with Crippen LogP contribution in [0.25, 0.3) is 5.76 Å². The number of fused-ring (bicyclic) bond motifs is 3. The number of nitrogens with two attached hydrogens (primary N) is 2. The number of Topliss-reactive ketones (excluding diaryl/α,β-unsaturated/α-hetero) is 2. The number of aliphatic hydroxyl groups is 3. The van der Waals surface area contributed by atoms with Crippen molar-refractivity contribution >= 4 is 35.0 Å². The molecule has 4 atom stereocenters. The molecule has 4 unspecified atom stereocenters. The van der Waals surface area contributed by atoms with Crippen LogP contribution < -0.4 is 11.5 Å². The first kappa shape index (κ1) is 18.5. The van der Waals surface area contributed by atoms with E-state index in [-0.39, 0.29) is 23.3 Å². The Morgan fingerprint density at radius 2 is 1.89 bits per heavy atom. The number of carbonyl (C=O) groups excluding carboxylic acids is 3. The Kier molecular flexibility index (Phi) is 3.86. The molecule has 0 bridgehead atoms. The number of aliphatic hydroxyl groups excluding tert-OH is 2. The summed E-state index contributed by atoms with van der Waals surface area (Å²) >= 11 is 1.16. The Balaban J connectivity index is 1.96. The van der Waals surface area contributed by atoms with Gasteiger partial charge in [0.05, 0.1) is 17.2 Å². The predicted octanol–water partition coefficient (Wildman–Crippen LogP) is -0.337. The largest absolute Gasteiger partial charge is 0.508 e. The number of phenolic OH excluding ortho intramolecular Hbond substituents is 1. The van der Waals surface area contributed by atoms with Crippen LogP contribution in [0.2, 0.25) is 0 Å². The molecule has 1 aromatic carbocycles. The fourth-order valence-corrected chi connectivity index (χ4v) is 5.56. The van der Waals surface area contributed by atoms with Crippen LogP contribution >= 0.6 is 11.8 Å². The second-order valence-electron chi connectivity index (χ2n) is 6.93. The Bertz CT molecular complexity index is 1030. The van der Waals surface area contributed by atoms with E-state index in [0.29, 0.717) is 4.90 Å². The molecule has 2 aliphatic carbocycles. The Morgan fingerprint density at radius 3 is 2.54 bits per heavy atom. The van der Waals surface area contributed by atoms with Gasteiger partial charge in [0.2, 0.25) is 5.78 Å². The van der Waals surface area contributed by atoms with E-state index in [4.69, 9.17) is 11.5 Å². The van der Waals surface area contributed by atoms with Gasteiger partial charge in [-0.25, -0.2) is 0 Å². The SMILES string of the molecule is NC(=O)C1=C(O)C2(O)C(=O)C3=C(O)c4c(O)cccc4SC3CC2C(N)C1=O. The fraction of sp³-hybridized carbons (Fsp3) is 0.278. The molecule has 0 saturated heterocycles. The lowest BCUT2D eigenvalue weighted by atomic mass is 9.62. The molecule has 1 saturated carbocycles. The monoisotopic (exact) mass is 404 g/mol. The standard InChI is InChI=1S/C18H16N2O7S/c19-12-5-4-8-10(13(22)9-6(21)2-1-3-7(9)28-8)15(24)18(5,27)16(25)11(14(12)23)17(20)26/h1-3,5,8,12,21-22,25,27H,4,19H2,(H2,20,26). The lowest BCUT2D eigenvalue weighted by molar-refractivity contribution is -0.147. The lowest BCUT2D eigenvalue weighted by Crippen LogP contribution is -2.65. The third-order valence-corrected chi connectivity index (χ3v) is 6.82. The second kappa shape index (κ2) is 5.84. The molecule has 10 heteroatoms. The van der Waals surface area contributed by atoms with Crippen LogP contribution in [-0.2, 0) is 14.4 Å². The number of thioether (sulfide) groups is 1. The van der Waals surface area contributed by atoms with E-state index in [9.17, 15) is 34.8 Å². The smallest absolute Gasteiger partial charge is 0.255 e. The van der Waals surface area contributed by atoms with Crippen molar-refractivity contribution in [1.29, 1.82) is 0 Å². The molecule has 1 fully saturated rings. The number of carbonyl (C=O) groups is 3. The third kappa shape index (κ3) is 2.13. The maximum Gasteiger partial charge on any atom is 0.255 e. The van der Waals surface area contributed by atoms with Crippen LogP contribution in [0.15, 0.2) is 40.0 Å². The minimum Gasteiger partial charge on any atom is -0.508 e. The van der Waals surface area contributed by atoms with Crippen molar-refractivity contribution in [2.75, 3.05) is 0 Å². The van der Waals surface area contributed by atoms with Crippen LogP contribution in [0.5, 0.6) is 5.75 Å². The summed E-state index contributed by atoms with van der Waals surface area (Å²) in [7, 11) is 0. The number of benzene rings is 1. The Hall–Kier alpha value is -2.82. The highest BCUT2D eigenvalue weighted by molar-refractivity contribution is 8.00. The summed E-state index contributed by atoms with van der Waals surface area (Å²) in [5.41, 5.74) is 7.23. The molecule has 1 aliphatic heterocycles. The number of primary amides is 1. The van der Waals surface area contributed by atoms with Crippen LogP contribution in [0, 0.1) is 5.92 Å². The minimum absolute atomic E-state index is 0.0314. The van der Waals surface area contributed by atoms with Crippen molar-refractivity contribution in [3.63, 3.8) is 0 Å². The van der Waals surface area contributed by atoms with Crippen LogP contribution in [0.3, 0.4) is 0 Å². The van der Waals surface area contributed by atoms with E-state index < -0.39 is 57.4 Å². The molecule has 1 heterocycles. The van der Waals surface area contributed by atoms with E-state index >= 15 is 0 Å². The second-order valence-corrected chi connectivity index (χ2v) is 8.18. The summed E-state index contributed by atoms with van der Waals surface area (Å²) in [6.45, 7) is 0. The lowest BCUT2D eigenvalue weighted by Gasteiger charge is -2.47. The minimum atomic E-state index is -2.68. The summed E-state index contributed by atoms with van der Waals surface area (Å²) in [4.78, 5) is 37.7. The van der Waals surface area contributed by atoms with Gasteiger partial charge in [0.15, 0.2) is 11.4 Å². The van der Waals surface area contributed by atoms with E-state index in [2.05, 4.69) is 0 Å². The average Bonchev–Trinajstić information content (AvgIpc) is 2.62. The van der Waals surface area contributed by atoms with Crippen LogP contribution in [-0.4, -0.2) is 54.8 Å². The molecule has 146 valence electrons. The summed E-state index contributed by atoms with van der Waals surface area (Å²) in [5.74, 6) is -6.54. The average molecular weight is 404 g/mol. The van der Waals surface area contributed by atoms with Gasteiger partial charge in [-0.15, -0.1) is 11.8 Å². The number of ketones is 2. The Morgan fingerprint density at radius 1 is 1.21 bits per heavy atom. The molecule has 4 rings (SSSR count). The first-order valence-electron chi connectivity index (χ1n) is 8.33. The highest BCUT2D eigenvalue weighted by Crippen LogP contribution is 2.54. The summed E-state index contributed by atoms with van der Waals surface area (Å²) in [6.07, 6.45) is -0.0373. The highest BCUT2D eigenvalue weighted by Gasteiger charge is 2.63. The molecule has 0 spiro atoms. The molecular weight excluding hydrogens is 388 g/mol. The first-order valence-corrected chi connectivity index (χ1v) is 9.21. The van der Waals surface area contributed by atoms with Gasteiger partial charge in [0, 0.05) is 16.1 Å². The van der Waals surface area contributed by atoms with Gasteiger partial charge < -0.3 is 31.9 Å². The van der Waals surface area contributed by atoms with Gasteiger partial charge in [-0.3, -0.25) is 14.4 Å². The zero-order chi connectivity index (χ0) is 20.5. The van der Waals surface area contributed by atoms with E-state index in [0.717, 1.165) is 11.8 Å². The van der Waals surface area contributed by atoms with E-state index in [1.807, 2.05) is 0 Å². The normalized spacial score (nSPS) is 32.0. The number of phenols is 1. The molecule has 0 radical (unpaired) electrons. The first-order chi connectivity index (χ1) is 13.1. The van der Waals surface area contributed by atoms with Gasteiger partial charge in [-0.05, 0) is 18.6 Å². The predicted molar refractivity (Wildman–Crippen MR) is 97.2 cm³/mol. The zero-order valence-electron chi connectivity index (χ0n) is 14.2. The molecule has 0 aromatic heterocycles. The number of hydrogen-bond acceptors (Lipinski definition) is 9. The molecule has 8 N–H and O–H groups in total. The van der Waals surface area contributed by atoms with E-state index in [1.54, 1.807) is 12.1 Å². The zero-order valence-corrected chi connectivity index (χ0v) is 15.1. The van der Waals surface area contributed by atoms with Crippen molar-refractivity contribution in [3.8, 4) is 5.75 Å². The maximum atomic E-state index is 13.2. The third-order valence-electron chi connectivity index (χ3n) is 5.51. The summed E-state index contributed by atoms with van der Waals surface area (Å²) < 4.78 is 0. The molecule has 1 amide bonds. The van der Waals surface area contributed by atoms with Gasteiger partial charge in [0.25, 0.3) is 5.91 Å².